The normalized spacial score (nSPS) is 27.0. The Balaban J connectivity index is 1.97. The number of nitrogens with zero attached hydrogens (tertiary/aromatic N) is 2. The highest BCUT2D eigenvalue weighted by molar-refractivity contribution is 4.77. The largest absolute Gasteiger partial charge is 0.379 e. The van der Waals surface area contributed by atoms with Crippen LogP contribution in [-0.2, 0) is 18.9 Å². The van der Waals surface area contributed by atoms with Gasteiger partial charge in [-0.2, -0.15) is 0 Å². The first kappa shape index (κ1) is 14.2. The lowest BCUT2D eigenvalue weighted by Crippen LogP contribution is -2.58. The molecule has 0 bridgehead atoms. The molecule has 0 aromatic rings. The van der Waals surface area contributed by atoms with Crippen molar-refractivity contribution in [1.82, 2.24) is 9.80 Å². The van der Waals surface area contributed by atoms with Crippen molar-refractivity contribution in [3.63, 3.8) is 0 Å². The Morgan fingerprint density at radius 1 is 0.722 bits per heavy atom. The Labute approximate surface area is 109 Å². The SMILES string of the molecule is COC(C(OC)N1CCOCC1)N1CCOCC1. The van der Waals surface area contributed by atoms with E-state index in [1.807, 2.05) is 0 Å². The van der Waals surface area contributed by atoms with Gasteiger partial charge in [-0.1, -0.05) is 0 Å². The molecule has 6 nitrogen and oxygen atoms in total. The van der Waals surface area contributed by atoms with E-state index in [9.17, 15) is 0 Å². The first-order chi connectivity index (χ1) is 8.86. The van der Waals surface area contributed by atoms with Gasteiger partial charge in [-0.15, -0.1) is 0 Å². The highest BCUT2D eigenvalue weighted by atomic mass is 16.6. The number of hydrogen-bond acceptors (Lipinski definition) is 6. The van der Waals surface area contributed by atoms with Crippen LogP contribution in [0.3, 0.4) is 0 Å². The summed E-state index contributed by atoms with van der Waals surface area (Å²) in [4.78, 5) is 4.57. The Morgan fingerprint density at radius 3 is 1.33 bits per heavy atom. The van der Waals surface area contributed by atoms with Crippen LogP contribution in [0.2, 0.25) is 0 Å². The molecule has 2 heterocycles. The van der Waals surface area contributed by atoms with Gasteiger partial charge >= 0.3 is 0 Å². The molecule has 106 valence electrons. The molecule has 0 aliphatic carbocycles. The average Bonchev–Trinajstić information content (AvgIpc) is 2.46. The van der Waals surface area contributed by atoms with Crippen molar-refractivity contribution >= 4 is 0 Å². The molecule has 0 amide bonds. The van der Waals surface area contributed by atoms with Crippen molar-refractivity contribution in [2.45, 2.75) is 12.5 Å². The molecule has 2 rings (SSSR count). The molecular formula is C12H24N2O4. The van der Waals surface area contributed by atoms with Gasteiger partial charge in [0.2, 0.25) is 0 Å². The average molecular weight is 260 g/mol. The van der Waals surface area contributed by atoms with Gasteiger partial charge in [-0.05, 0) is 0 Å². The maximum Gasteiger partial charge on any atom is 0.150 e. The third kappa shape index (κ3) is 3.40. The third-order valence-electron chi connectivity index (χ3n) is 3.54. The predicted molar refractivity (Wildman–Crippen MR) is 66.4 cm³/mol. The molecule has 2 saturated heterocycles. The van der Waals surface area contributed by atoms with Gasteiger partial charge in [-0.25, -0.2) is 0 Å². The van der Waals surface area contributed by atoms with Crippen LogP contribution in [0.5, 0.6) is 0 Å². The van der Waals surface area contributed by atoms with Gasteiger partial charge in [0.1, 0.15) is 0 Å². The molecule has 0 aromatic heterocycles. The number of rotatable bonds is 5. The second-order valence-corrected chi connectivity index (χ2v) is 4.55. The quantitative estimate of drug-likeness (QED) is 0.670. The topological polar surface area (TPSA) is 43.4 Å². The standard InChI is InChI=1S/C12H24N2O4/c1-15-11(13-3-7-17-8-4-13)12(16-2)14-5-9-18-10-6-14/h11-12H,3-10H2,1-2H3. The van der Waals surface area contributed by atoms with Crippen LogP contribution in [-0.4, -0.2) is 89.1 Å². The summed E-state index contributed by atoms with van der Waals surface area (Å²) in [5.41, 5.74) is 0. The van der Waals surface area contributed by atoms with Crippen LogP contribution >= 0.6 is 0 Å². The lowest BCUT2D eigenvalue weighted by atomic mass is 10.3. The number of methoxy groups -OCH3 is 2. The van der Waals surface area contributed by atoms with Gasteiger partial charge in [0.05, 0.1) is 26.4 Å². The van der Waals surface area contributed by atoms with Gasteiger partial charge in [0.25, 0.3) is 0 Å². The fourth-order valence-electron chi connectivity index (χ4n) is 2.56. The van der Waals surface area contributed by atoms with Crippen LogP contribution in [0.4, 0.5) is 0 Å². The molecule has 0 saturated carbocycles. The van der Waals surface area contributed by atoms with E-state index in [1.54, 1.807) is 14.2 Å². The molecule has 0 spiro atoms. The first-order valence-corrected chi connectivity index (χ1v) is 6.56. The minimum absolute atomic E-state index is 0.0444. The lowest BCUT2D eigenvalue weighted by molar-refractivity contribution is -0.199. The molecule has 2 unspecified atom stereocenters. The second kappa shape index (κ2) is 7.37. The third-order valence-corrected chi connectivity index (χ3v) is 3.54. The molecule has 18 heavy (non-hydrogen) atoms. The summed E-state index contributed by atoms with van der Waals surface area (Å²) >= 11 is 0. The summed E-state index contributed by atoms with van der Waals surface area (Å²) in [6.07, 6.45) is -0.0889. The van der Waals surface area contributed by atoms with Crippen molar-refractivity contribution in [3.05, 3.63) is 0 Å². The highest BCUT2D eigenvalue weighted by Crippen LogP contribution is 2.16. The highest BCUT2D eigenvalue weighted by Gasteiger charge is 2.33. The van der Waals surface area contributed by atoms with Crippen molar-refractivity contribution in [2.24, 2.45) is 0 Å². The zero-order valence-corrected chi connectivity index (χ0v) is 11.3. The zero-order chi connectivity index (χ0) is 12.8. The van der Waals surface area contributed by atoms with Crippen molar-refractivity contribution in [2.75, 3.05) is 66.8 Å². The van der Waals surface area contributed by atoms with E-state index in [-0.39, 0.29) is 12.5 Å². The molecule has 0 radical (unpaired) electrons. The molecule has 2 aliphatic heterocycles. The van der Waals surface area contributed by atoms with Gasteiger partial charge in [-0.3, -0.25) is 9.80 Å². The van der Waals surface area contributed by atoms with E-state index in [0.29, 0.717) is 0 Å². The van der Waals surface area contributed by atoms with Crippen molar-refractivity contribution in [3.8, 4) is 0 Å². The van der Waals surface area contributed by atoms with Crippen molar-refractivity contribution < 1.29 is 18.9 Å². The molecule has 2 fully saturated rings. The van der Waals surface area contributed by atoms with E-state index in [1.165, 1.54) is 0 Å². The summed E-state index contributed by atoms with van der Waals surface area (Å²) in [6, 6.07) is 0. The van der Waals surface area contributed by atoms with E-state index >= 15 is 0 Å². The molecule has 0 N–H and O–H groups in total. The summed E-state index contributed by atoms with van der Waals surface area (Å²) < 4.78 is 22.1. The monoisotopic (exact) mass is 260 g/mol. The summed E-state index contributed by atoms with van der Waals surface area (Å²) in [6.45, 7) is 6.62. The minimum Gasteiger partial charge on any atom is -0.379 e. The van der Waals surface area contributed by atoms with Crippen LogP contribution in [0.1, 0.15) is 0 Å². The number of morpholine rings is 2. The molecule has 2 aliphatic rings. The Kier molecular flexibility index (Phi) is 5.81. The Hall–Kier alpha value is -0.240. The number of ether oxygens (including phenoxy) is 4. The van der Waals surface area contributed by atoms with E-state index in [4.69, 9.17) is 18.9 Å². The van der Waals surface area contributed by atoms with Crippen LogP contribution < -0.4 is 0 Å². The summed E-state index contributed by atoms with van der Waals surface area (Å²) in [5.74, 6) is 0. The molecule has 2 atom stereocenters. The smallest absolute Gasteiger partial charge is 0.150 e. The fourth-order valence-corrected chi connectivity index (χ4v) is 2.56. The van der Waals surface area contributed by atoms with Crippen LogP contribution in [0.15, 0.2) is 0 Å². The van der Waals surface area contributed by atoms with Crippen LogP contribution in [0.25, 0.3) is 0 Å². The predicted octanol–water partition coefficient (Wildman–Crippen LogP) is -0.404. The van der Waals surface area contributed by atoms with Gasteiger partial charge < -0.3 is 18.9 Å². The maximum atomic E-state index is 5.66. The van der Waals surface area contributed by atoms with Gasteiger partial charge in [0.15, 0.2) is 12.5 Å². The van der Waals surface area contributed by atoms with Crippen molar-refractivity contribution in [1.29, 1.82) is 0 Å². The van der Waals surface area contributed by atoms with E-state index in [2.05, 4.69) is 9.80 Å². The van der Waals surface area contributed by atoms with Gasteiger partial charge in [0, 0.05) is 40.4 Å². The summed E-state index contributed by atoms with van der Waals surface area (Å²) in [7, 11) is 3.49. The summed E-state index contributed by atoms with van der Waals surface area (Å²) in [5, 5.41) is 0. The van der Waals surface area contributed by atoms with E-state index in [0.717, 1.165) is 52.6 Å². The van der Waals surface area contributed by atoms with E-state index < -0.39 is 0 Å². The zero-order valence-electron chi connectivity index (χ0n) is 11.3. The lowest BCUT2D eigenvalue weighted by Gasteiger charge is -2.42. The Bertz CT molecular complexity index is 206. The molecule has 0 aromatic carbocycles. The fraction of sp³-hybridized carbons (Fsp3) is 1.00. The minimum atomic E-state index is -0.0444. The van der Waals surface area contributed by atoms with Crippen LogP contribution in [0, 0.1) is 0 Å². The molecular weight excluding hydrogens is 236 g/mol. The first-order valence-electron chi connectivity index (χ1n) is 6.56. The second-order valence-electron chi connectivity index (χ2n) is 4.55. The maximum absolute atomic E-state index is 5.66. The number of hydrogen-bond donors (Lipinski definition) is 0. The Morgan fingerprint density at radius 2 is 1.06 bits per heavy atom. The molecule has 6 heteroatoms.